The van der Waals surface area contributed by atoms with Gasteiger partial charge in [0.2, 0.25) is 0 Å². The third-order valence-corrected chi connectivity index (χ3v) is 1.93. The zero-order valence-electron chi connectivity index (χ0n) is 9.95. The molecule has 0 saturated heterocycles. The molecule has 15 heavy (non-hydrogen) atoms. The van der Waals surface area contributed by atoms with Crippen molar-refractivity contribution in [1.82, 2.24) is 4.98 Å². The Hall–Kier alpha value is -1.44. The van der Waals surface area contributed by atoms with Gasteiger partial charge in [0, 0.05) is 18.0 Å². The van der Waals surface area contributed by atoms with Gasteiger partial charge < -0.3 is 0 Å². The maximum atomic E-state index is 3.97. The molecule has 0 amide bonds. The van der Waals surface area contributed by atoms with Gasteiger partial charge >= 0.3 is 0 Å². The molecule has 0 atom stereocenters. The lowest BCUT2D eigenvalue weighted by Gasteiger charge is -2.01. The topological polar surface area (TPSA) is 25.2 Å². The lowest BCUT2D eigenvalue weighted by atomic mass is 10.1. The minimum absolute atomic E-state index is 0.840. The smallest absolute Gasteiger partial charge is 0.0727 e. The first-order valence-electron chi connectivity index (χ1n) is 5.23. The predicted molar refractivity (Wildman–Crippen MR) is 68.7 cm³/mol. The Morgan fingerprint density at radius 2 is 2.00 bits per heavy atom. The Kier molecular flexibility index (Phi) is 7.16. The highest BCUT2D eigenvalue weighted by molar-refractivity contribution is 5.71. The fraction of sp³-hybridized carbons (Fsp3) is 0.385. The van der Waals surface area contributed by atoms with Gasteiger partial charge in [0.25, 0.3) is 0 Å². The second-order valence-electron chi connectivity index (χ2n) is 3.33. The van der Waals surface area contributed by atoms with Gasteiger partial charge in [-0.3, -0.25) is 9.98 Å². The van der Waals surface area contributed by atoms with Gasteiger partial charge in [-0.15, -0.1) is 0 Å². The zero-order chi connectivity index (χ0) is 11.7. The summed E-state index contributed by atoms with van der Waals surface area (Å²) in [4.78, 5) is 7.81. The first-order valence-corrected chi connectivity index (χ1v) is 5.23. The highest BCUT2D eigenvalue weighted by Crippen LogP contribution is 2.22. The van der Waals surface area contributed by atoms with Crippen molar-refractivity contribution in [2.75, 3.05) is 0 Å². The van der Waals surface area contributed by atoms with Crippen LogP contribution in [0.5, 0.6) is 0 Å². The van der Waals surface area contributed by atoms with Crippen LogP contribution in [-0.4, -0.2) is 11.7 Å². The molecule has 0 bridgehead atoms. The molecular weight excluding hydrogens is 184 g/mol. The quantitative estimate of drug-likeness (QED) is 0.675. The molecule has 0 saturated carbocycles. The molecule has 0 fully saturated rings. The summed E-state index contributed by atoms with van der Waals surface area (Å²) in [5.41, 5.74) is 2.76. The van der Waals surface area contributed by atoms with E-state index in [1.54, 1.807) is 12.4 Å². The van der Waals surface area contributed by atoms with Crippen molar-refractivity contribution in [1.29, 1.82) is 0 Å². The van der Waals surface area contributed by atoms with Gasteiger partial charge in [-0.2, -0.15) is 0 Å². The van der Waals surface area contributed by atoms with Crippen LogP contribution in [0.3, 0.4) is 0 Å². The van der Waals surface area contributed by atoms with Crippen molar-refractivity contribution in [3.05, 3.63) is 30.6 Å². The fourth-order valence-corrected chi connectivity index (χ4v) is 0.854. The first-order chi connectivity index (χ1) is 7.17. The summed E-state index contributed by atoms with van der Waals surface area (Å²) < 4.78 is 0. The van der Waals surface area contributed by atoms with Crippen LogP contribution in [0.1, 0.15) is 39.2 Å². The third-order valence-electron chi connectivity index (χ3n) is 1.93. The summed E-state index contributed by atoms with van der Waals surface area (Å²) in [6, 6.07) is 1.82. The molecule has 1 heterocycles. The minimum atomic E-state index is 0.840. The average Bonchev–Trinajstić information content (AvgIpc) is 2.29. The molecular formula is C13H20N2. The third kappa shape index (κ3) is 5.11. The Morgan fingerprint density at radius 1 is 1.40 bits per heavy atom. The molecule has 2 nitrogen and oxygen atoms in total. The summed E-state index contributed by atoms with van der Waals surface area (Å²) in [7, 11) is 0. The lowest BCUT2D eigenvalue weighted by Crippen LogP contribution is -1.80. The van der Waals surface area contributed by atoms with E-state index in [-0.39, 0.29) is 0 Å². The molecule has 0 aliphatic rings. The number of nitrogens with zero attached hydrogens (tertiary/aromatic N) is 2. The number of aromatic nitrogens is 1. The number of unbranched alkanes of at least 4 members (excludes halogenated alkanes) is 1. The molecule has 0 spiro atoms. The second kappa shape index (κ2) is 7.92. The van der Waals surface area contributed by atoms with Crippen LogP contribution in [0.15, 0.2) is 30.0 Å². The van der Waals surface area contributed by atoms with Crippen molar-refractivity contribution in [3.63, 3.8) is 0 Å². The summed E-state index contributed by atoms with van der Waals surface area (Å²) in [6.45, 7) is 13.5. The lowest BCUT2D eigenvalue weighted by molar-refractivity contribution is 0.886. The van der Waals surface area contributed by atoms with Gasteiger partial charge in [0.1, 0.15) is 0 Å². The summed E-state index contributed by atoms with van der Waals surface area (Å²) >= 11 is 0. The molecule has 0 aliphatic heterocycles. The highest BCUT2D eigenvalue weighted by atomic mass is 14.7. The van der Waals surface area contributed by atoms with E-state index in [0.29, 0.717) is 0 Å². The Bertz CT molecular complexity index is 314. The number of rotatable bonds is 3. The van der Waals surface area contributed by atoms with Crippen LogP contribution in [0.2, 0.25) is 0 Å². The predicted octanol–water partition coefficient (Wildman–Crippen LogP) is 4.25. The van der Waals surface area contributed by atoms with Crippen molar-refractivity contribution < 1.29 is 0 Å². The number of hydrogen-bond acceptors (Lipinski definition) is 2. The standard InChI is InChI=1S/C9H10N2.C4H10/c1-7(2)8-6-11-5-4-9(8)10-3;1-3-4-2/h4-6H,1,3H2,2H3;3-4H2,1-2H3. The Labute approximate surface area is 92.8 Å². The van der Waals surface area contributed by atoms with Crippen molar-refractivity contribution in [2.45, 2.75) is 33.6 Å². The Balaban J connectivity index is 0.000000423. The Morgan fingerprint density at radius 3 is 2.33 bits per heavy atom. The second-order valence-corrected chi connectivity index (χ2v) is 3.33. The molecule has 1 rings (SSSR count). The van der Waals surface area contributed by atoms with Crippen LogP contribution in [0, 0.1) is 0 Å². The van der Waals surface area contributed by atoms with E-state index < -0.39 is 0 Å². The maximum absolute atomic E-state index is 3.97. The fourth-order valence-electron chi connectivity index (χ4n) is 0.854. The minimum Gasteiger partial charge on any atom is -0.264 e. The van der Waals surface area contributed by atoms with Gasteiger partial charge in [0.15, 0.2) is 0 Å². The van der Waals surface area contributed by atoms with Crippen LogP contribution >= 0.6 is 0 Å². The van der Waals surface area contributed by atoms with E-state index in [2.05, 4.69) is 37.1 Å². The molecule has 0 aromatic carbocycles. The normalized spacial score (nSPS) is 8.73. The van der Waals surface area contributed by atoms with Crippen molar-refractivity contribution in [2.24, 2.45) is 4.99 Å². The van der Waals surface area contributed by atoms with Gasteiger partial charge in [-0.1, -0.05) is 33.3 Å². The molecule has 1 aromatic heterocycles. The van der Waals surface area contributed by atoms with E-state index in [1.807, 2.05) is 13.0 Å². The SMILES string of the molecule is C=Nc1ccncc1C(=C)C.CCCC. The molecule has 0 N–H and O–H groups in total. The molecule has 1 aromatic rings. The van der Waals surface area contributed by atoms with E-state index in [9.17, 15) is 0 Å². The average molecular weight is 204 g/mol. The summed E-state index contributed by atoms with van der Waals surface area (Å²) in [5.74, 6) is 0. The van der Waals surface area contributed by atoms with Crippen molar-refractivity contribution >= 4 is 18.0 Å². The van der Waals surface area contributed by atoms with E-state index in [4.69, 9.17) is 0 Å². The van der Waals surface area contributed by atoms with Crippen LogP contribution in [0.25, 0.3) is 5.57 Å². The molecule has 2 heteroatoms. The van der Waals surface area contributed by atoms with E-state index in [1.165, 1.54) is 12.8 Å². The van der Waals surface area contributed by atoms with Gasteiger partial charge in [0.05, 0.1) is 5.69 Å². The zero-order valence-corrected chi connectivity index (χ0v) is 9.95. The van der Waals surface area contributed by atoms with Crippen LogP contribution < -0.4 is 0 Å². The van der Waals surface area contributed by atoms with Gasteiger partial charge in [-0.05, 0) is 25.3 Å². The first kappa shape index (κ1) is 13.6. The largest absolute Gasteiger partial charge is 0.264 e. The molecule has 0 aliphatic carbocycles. The van der Waals surface area contributed by atoms with E-state index >= 15 is 0 Å². The van der Waals surface area contributed by atoms with Crippen LogP contribution in [-0.2, 0) is 0 Å². The number of hydrogen-bond donors (Lipinski definition) is 0. The monoisotopic (exact) mass is 204 g/mol. The van der Waals surface area contributed by atoms with E-state index in [0.717, 1.165) is 16.8 Å². The molecule has 0 unspecified atom stereocenters. The number of allylic oxidation sites excluding steroid dienone is 1. The number of aliphatic imine (C=N–C) groups is 1. The molecule has 0 radical (unpaired) electrons. The van der Waals surface area contributed by atoms with Gasteiger partial charge in [-0.25, -0.2) is 0 Å². The number of pyridine rings is 1. The summed E-state index contributed by atoms with van der Waals surface area (Å²) in [5, 5.41) is 0. The van der Waals surface area contributed by atoms with Crippen LogP contribution in [0.4, 0.5) is 5.69 Å². The van der Waals surface area contributed by atoms with Crippen molar-refractivity contribution in [3.8, 4) is 0 Å². The summed E-state index contributed by atoms with van der Waals surface area (Å²) in [6.07, 6.45) is 6.07. The maximum Gasteiger partial charge on any atom is 0.0727 e. The highest BCUT2D eigenvalue weighted by Gasteiger charge is 1.98. The molecule has 82 valence electrons.